The molecular formula is C25H24F3NO4S. The van der Waals surface area contributed by atoms with Gasteiger partial charge in [0, 0.05) is 5.39 Å². The Balaban J connectivity index is 1.61. The van der Waals surface area contributed by atoms with Crippen LogP contribution in [0.25, 0.3) is 10.8 Å². The summed E-state index contributed by atoms with van der Waals surface area (Å²) in [4.78, 5) is 24.3. The first-order chi connectivity index (χ1) is 16.2. The number of carboxylic acids is 1. The molecule has 1 unspecified atom stereocenters. The Morgan fingerprint density at radius 1 is 1.00 bits per heavy atom. The lowest BCUT2D eigenvalue weighted by Crippen LogP contribution is -2.45. The van der Waals surface area contributed by atoms with Crippen LogP contribution in [0.5, 0.6) is 5.75 Å². The largest absolute Gasteiger partial charge is 0.487 e. The van der Waals surface area contributed by atoms with Gasteiger partial charge < -0.3 is 15.2 Å². The lowest BCUT2D eigenvalue weighted by atomic mass is 9.97. The smallest absolute Gasteiger partial charge is 0.326 e. The Bertz CT molecular complexity index is 1190. The van der Waals surface area contributed by atoms with Crippen LogP contribution in [0.4, 0.5) is 11.7 Å². The van der Waals surface area contributed by atoms with Crippen LogP contribution in [-0.4, -0.2) is 23.0 Å². The summed E-state index contributed by atoms with van der Waals surface area (Å²) in [7, 11) is 0. The van der Waals surface area contributed by atoms with Crippen LogP contribution < -0.4 is 10.1 Å². The van der Waals surface area contributed by atoms with Crippen molar-refractivity contribution in [2.45, 2.75) is 43.2 Å². The van der Waals surface area contributed by atoms with E-state index in [9.17, 15) is 26.4 Å². The second-order valence-electron chi connectivity index (χ2n) is 8.34. The monoisotopic (exact) mass is 491 g/mol. The highest BCUT2D eigenvalue weighted by molar-refractivity contribution is 8.20. The number of aliphatic carboxylic acids is 1. The fraction of sp³-hybridized carbons (Fsp3) is 0.280. The van der Waals surface area contributed by atoms with Gasteiger partial charge in [-0.1, -0.05) is 55.3 Å². The molecule has 1 atom stereocenters. The highest BCUT2D eigenvalue weighted by Gasteiger charge is 2.33. The number of amides is 1. The van der Waals surface area contributed by atoms with Crippen LogP contribution in [0.15, 0.2) is 65.6 Å². The van der Waals surface area contributed by atoms with Crippen molar-refractivity contribution in [3.8, 4) is 5.75 Å². The number of carboxylic acid groups (broad SMARTS) is 1. The topological polar surface area (TPSA) is 75.6 Å². The molecule has 3 aromatic rings. The molecule has 0 aromatic heterocycles. The summed E-state index contributed by atoms with van der Waals surface area (Å²) in [6.07, 6.45) is 3.36. The number of benzene rings is 3. The number of hydrogen-bond donors (Lipinski definition) is 2. The molecule has 1 saturated carbocycles. The SMILES string of the molecule is O=C(NC(C(=O)O)C1CCCC1)c1ccc2ccccc2c1OCc1ccc(S(F)(F)F)cc1. The molecule has 0 spiro atoms. The van der Waals surface area contributed by atoms with Gasteiger partial charge in [-0.25, -0.2) is 4.79 Å². The number of nitrogens with one attached hydrogen (secondary N) is 1. The van der Waals surface area contributed by atoms with E-state index in [0.29, 0.717) is 10.9 Å². The van der Waals surface area contributed by atoms with E-state index in [1.54, 1.807) is 24.3 Å². The quantitative estimate of drug-likeness (QED) is 0.372. The minimum Gasteiger partial charge on any atom is -0.487 e. The van der Waals surface area contributed by atoms with E-state index < -0.39 is 34.0 Å². The van der Waals surface area contributed by atoms with Crippen molar-refractivity contribution in [3.63, 3.8) is 0 Å². The van der Waals surface area contributed by atoms with Crippen LogP contribution in [-0.2, 0) is 11.4 Å². The Morgan fingerprint density at radius 2 is 1.68 bits per heavy atom. The number of carbonyl (C=O) groups is 2. The van der Waals surface area contributed by atoms with E-state index in [-0.39, 0.29) is 23.8 Å². The normalized spacial score (nSPS) is 15.7. The van der Waals surface area contributed by atoms with Gasteiger partial charge in [0.15, 0.2) is 0 Å². The third-order valence-corrected chi connectivity index (χ3v) is 6.93. The summed E-state index contributed by atoms with van der Waals surface area (Å²) in [5.74, 6) is -1.50. The predicted octanol–water partition coefficient (Wildman–Crippen LogP) is 6.61. The molecule has 0 bridgehead atoms. The average molecular weight is 492 g/mol. The average Bonchev–Trinajstić information content (AvgIpc) is 3.34. The Labute approximate surface area is 197 Å². The maximum absolute atomic E-state index is 13.2. The lowest BCUT2D eigenvalue weighted by Gasteiger charge is -2.22. The van der Waals surface area contributed by atoms with E-state index >= 15 is 0 Å². The van der Waals surface area contributed by atoms with Crippen LogP contribution in [0, 0.1) is 5.92 Å². The van der Waals surface area contributed by atoms with Gasteiger partial charge in [-0.15, -0.1) is 11.7 Å². The molecule has 1 amide bonds. The Morgan fingerprint density at radius 3 is 2.32 bits per heavy atom. The summed E-state index contributed by atoms with van der Waals surface area (Å²) in [6.45, 7) is -0.0489. The van der Waals surface area contributed by atoms with Gasteiger partial charge >= 0.3 is 5.97 Å². The second-order valence-corrected chi connectivity index (χ2v) is 9.62. The molecular weight excluding hydrogens is 467 g/mol. The minimum absolute atomic E-state index is 0.0489. The van der Waals surface area contributed by atoms with Gasteiger partial charge in [-0.2, -0.15) is 0 Å². The molecule has 1 aliphatic rings. The molecule has 1 aliphatic carbocycles. The Hall–Kier alpha value is -3.20. The molecule has 0 saturated heterocycles. The van der Waals surface area contributed by atoms with Crippen LogP contribution in [0.2, 0.25) is 0 Å². The van der Waals surface area contributed by atoms with E-state index in [1.165, 1.54) is 12.1 Å². The van der Waals surface area contributed by atoms with Crippen molar-refractivity contribution in [2.24, 2.45) is 5.92 Å². The zero-order valence-corrected chi connectivity index (χ0v) is 19.0. The van der Waals surface area contributed by atoms with E-state index in [2.05, 4.69) is 5.32 Å². The van der Waals surface area contributed by atoms with Crippen molar-refractivity contribution >= 4 is 33.8 Å². The summed E-state index contributed by atoms with van der Waals surface area (Å²) in [6, 6.07) is 14.3. The van der Waals surface area contributed by atoms with Crippen molar-refractivity contribution in [3.05, 3.63) is 71.8 Å². The molecule has 5 nitrogen and oxygen atoms in total. The number of fused-ring (bicyclic) bond motifs is 1. The highest BCUT2D eigenvalue weighted by Crippen LogP contribution is 2.60. The lowest BCUT2D eigenvalue weighted by molar-refractivity contribution is -0.140. The van der Waals surface area contributed by atoms with E-state index in [1.807, 2.05) is 12.1 Å². The maximum atomic E-state index is 13.2. The molecule has 2 N–H and O–H groups in total. The minimum atomic E-state index is -5.30. The molecule has 0 radical (unpaired) electrons. The number of ether oxygens (including phenoxy) is 1. The van der Waals surface area contributed by atoms with E-state index in [0.717, 1.165) is 43.2 Å². The fourth-order valence-electron chi connectivity index (χ4n) is 4.36. The highest BCUT2D eigenvalue weighted by atomic mass is 32.3. The third kappa shape index (κ3) is 5.30. The van der Waals surface area contributed by atoms with Gasteiger partial charge in [0.2, 0.25) is 11.2 Å². The molecule has 1 fully saturated rings. The summed E-state index contributed by atoms with van der Waals surface area (Å²) < 4.78 is 44.7. The number of rotatable bonds is 8. The van der Waals surface area contributed by atoms with Crippen LogP contribution in [0.1, 0.15) is 41.6 Å². The third-order valence-electron chi connectivity index (χ3n) is 6.12. The zero-order chi connectivity index (χ0) is 24.3. The fourth-order valence-corrected chi connectivity index (χ4v) is 4.81. The molecule has 4 rings (SSSR count). The molecule has 34 heavy (non-hydrogen) atoms. The van der Waals surface area contributed by atoms with Crippen molar-refractivity contribution in [2.75, 3.05) is 0 Å². The summed E-state index contributed by atoms with van der Waals surface area (Å²) >= 11 is -5.30. The predicted molar refractivity (Wildman–Crippen MR) is 125 cm³/mol. The Kier molecular flexibility index (Phi) is 7.02. The van der Waals surface area contributed by atoms with Gasteiger partial charge in [-0.3, -0.25) is 4.79 Å². The van der Waals surface area contributed by atoms with Crippen molar-refractivity contribution < 1.29 is 31.1 Å². The first-order valence-electron chi connectivity index (χ1n) is 10.9. The van der Waals surface area contributed by atoms with Gasteiger partial charge in [0.05, 0.1) is 10.5 Å². The maximum Gasteiger partial charge on any atom is 0.326 e. The van der Waals surface area contributed by atoms with Gasteiger partial charge in [-0.05, 0) is 47.9 Å². The molecule has 3 aromatic carbocycles. The van der Waals surface area contributed by atoms with Crippen molar-refractivity contribution in [1.82, 2.24) is 5.32 Å². The number of hydrogen-bond acceptors (Lipinski definition) is 3. The number of halogens is 3. The standard InChI is InChI=1S/C25H24F3NO4S/c26-34(27,28)19-12-9-16(10-13-19)15-33-23-20-8-4-3-5-17(20)11-14-21(23)24(30)29-22(25(31)32)18-6-1-2-7-18/h3-5,8-14,18,22H,1-2,6-7,15H2,(H,29,30)(H,31,32). The molecule has 180 valence electrons. The molecule has 0 aliphatic heterocycles. The zero-order valence-electron chi connectivity index (χ0n) is 18.2. The van der Waals surface area contributed by atoms with Crippen molar-refractivity contribution in [1.29, 1.82) is 0 Å². The van der Waals surface area contributed by atoms with Crippen LogP contribution in [0.3, 0.4) is 0 Å². The number of carbonyl (C=O) groups excluding carboxylic acids is 1. The first kappa shape index (κ1) is 23.9. The van der Waals surface area contributed by atoms with Crippen LogP contribution >= 0.6 is 11.2 Å². The second kappa shape index (κ2) is 9.97. The summed E-state index contributed by atoms with van der Waals surface area (Å²) in [5, 5.41) is 13.8. The molecule has 9 heteroatoms. The summed E-state index contributed by atoms with van der Waals surface area (Å²) in [5.41, 5.74) is 0.695. The van der Waals surface area contributed by atoms with Gasteiger partial charge in [0.25, 0.3) is 5.91 Å². The molecule has 0 heterocycles. The van der Waals surface area contributed by atoms with Gasteiger partial charge in [0.1, 0.15) is 18.4 Å². The first-order valence-corrected chi connectivity index (χ1v) is 12.3. The van der Waals surface area contributed by atoms with E-state index in [4.69, 9.17) is 4.74 Å².